The summed E-state index contributed by atoms with van der Waals surface area (Å²) < 4.78 is 0. The van der Waals surface area contributed by atoms with E-state index in [4.69, 9.17) is 0 Å². The molecule has 0 heterocycles. The first-order chi connectivity index (χ1) is 11.8. The highest BCUT2D eigenvalue weighted by atomic mass is 16.4. The Morgan fingerprint density at radius 1 is 1.04 bits per heavy atom. The number of rotatable bonds is 9. The van der Waals surface area contributed by atoms with Crippen LogP contribution in [0.2, 0.25) is 0 Å². The number of benzene rings is 1. The maximum atomic E-state index is 12.2. The monoisotopic (exact) mass is 348 g/mol. The molecule has 1 unspecified atom stereocenters. The van der Waals surface area contributed by atoms with Gasteiger partial charge in [-0.15, -0.1) is 0 Å². The van der Waals surface area contributed by atoms with Crippen LogP contribution in [-0.2, 0) is 4.79 Å². The summed E-state index contributed by atoms with van der Waals surface area (Å²) in [6.45, 7) is 9.08. The van der Waals surface area contributed by atoms with Gasteiger partial charge >= 0.3 is 5.97 Å². The lowest BCUT2D eigenvalue weighted by Crippen LogP contribution is -2.33. The second-order valence-corrected chi connectivity index (χ2v) is 6.43. The van der Waals surface area contributed by atoms with Crippen LogP contribution in [0.25, 0.3) is 0 Å². The summed E-state index contributed by atoms with van der Waals surface area (Å²) in [6, 6.07) is 6.42. The van der Waals surface area contributed by atoms with Gasteiger partial charge in [0, 0.05) is 30.8 Å². The topological polar surface area (TPSA) is 86.7 Å². The largest absolute Gasteiger partial charge is 0.481 e. The maximum absolute atomic E-state index is 12.2. The molecule has 6 heteroatoms. The van der Waals surface area contributed by atoms with E-state index in [-0.39, 0.29) is 24.3 Å². The van der Waals surface area contributed by atoms with Crippen LogP contribution in [0.15, 0.2) is 24.3 Å². The fourth-order valence-electron chi connectivity index (χ4n) is 2.62. The molecule has 0 aliphatic heterocycles. The molecule has 0 bridgehead atoms. The molecule has 1 aromatic carbocycles. The number of carboxylic acid groups (broad SMARTS) is 1. The van der Waals surface area contributed by atoms with Gasteiger partial charge in [-0.05, 0) is 50.5 Å². The third kappa shape index (κ3) is 6.21. The highest BCUT2D eigenvalue weighted by Gasteiger charge is 2.20. The average molecular weight is 348 g/mol. The summed E-state index contributed by atoms with van der Waals surface area (Å²) in [5.74, 6) is -1.68. The summed E-state index contributed by atoms with van der Waals surface area (Å²) >= 11 is 0. The van der Waals surface area contributed by atoms with E-state index in [0.29, 0.717) is 30.6 Å². The number of nitrogens with one attached hydrogen (secondary N) is 1. The fourth-order valence-corrected chi connectivity index (χ4v) is 2.62. The molecule has 2 N–H and O–H groups in total. The lowest BCUT2D eigenvalue weighted by Gasteiger charge is -2.18. The minimum Gasteiger partial charge on any atom is -0.481 e. The molecule has 1 aromatic rings. The molecule has 1 rings (SSSR count). The van der Waals surface area contributed by atoms with Crippen molar-refractivity contribution in [3.8, 4) is 0 Å². The van der Waals surface area contributed by atoms with E-state index in [1.807, 2.05) is 27.7 Å². The zero-order chi connectivity index (χ0) is 19.0. The molecule has 6 nitrogen and oxygen atoms in total. The van der Waals surface area contributed by atoms with Crippen molar-refractivity contribution >= 4 is 17.8 Å². The van der Waals surface area contributed by atoms with Gasteiger partial charge in [0.2, 0.25) is 0 Å². The van der Waals surface area contributed by atoms with Crippen molar-refractivity contribution in [2.75, 3.05) is 19.6 Å². The van der Waals surface area contributed by atoms with Gasteiger partial charge in [0.15, 0.2) is 0 Å². The van der Waals surface area contributed by atoms with Gasteiger partial charge in [0.1, 0.15) is 0 Å². The molecule has 0 aliphatic carbocycles. The lowest BCUT2D eigenvalue weighted by atomic mass is 9.97. The van der Waals surface area contributed by atoms with Crippen LogP contribution in [0.1, 0.15) is 54.8 Å². The molecule has 138 valence electrons. The summed E-state index contributed by atoms with van der Waals surface area (Å²) in [7, 11) is 0. The number of carbonyl (C=O) groups is 3. The Hall–Kier alpha value is -2.37. The van der Waals surface area contributed by atoms with E-state index in [2.05, 4.69) is 5.32 Å². The number of amides is 2. The zero-order valence-electron chi connectivity index (χ0n) is 15.4. The van der Waals surface area contributed by atoms with E-state index in [0.717, 1.165) is 0 Å². The Bertz CT molecular complexity index is 592. The van der Waals surface area contributed by atoms with Crippen molar-refractivity contribution in [2.45, 2.75) is 34.1 Å². The van der Waals surface area contributed by atoms with Crippen LogP contribution in [-0.4, -0.2) is 47.4 Å². The lowest BCUT2D eigenvalue weighted by molar-refractivity contribution is -0.142. The quantitative estimate of drug-likeness (QED) is 0.718. The predicted molar refractivity (Wildman–Crippen MR) is 96.6 cm³/mol. The van der Waals surface area contributed by atoms with Gasteiger partial charge < -0.3 is 15.3 Å². The second-order valence-electron chi connectivity index (χ2n) is 6.43. The minimum absolute atomic E-state index is 0.0696. The van der Waals surface area contributed by atoms with Gasteiger partial charge in [0.05, 0.1) is 5.92 Å². The normalized spacial score (nSPS) is 11.9. The maximum Gasteiger partial charge on any atom is 0.308 e. The molecule has 0 saturated carbocycles. The Kier molecular flexibility index (Phi) is 8.11. The van der Waals surface area contributed by atoms with E-state index >= 15 is 0 Å². The van der Waals surface area contributed by atoms with E-state index < -0.39 is 11.9 Å². The number of carbonyl (C=O) groups excluding carboxylic acids is 2. The number of nitrogens with zero attached hydrogens (tertiary/aromatic N) is 1. The molecule has 2 amide bonds. The van der Waals surface area contributed by atoms with Crippen molar-refractivity contribution < 1.29 is 19.5 Å². The number of carboxylic acids is 1. The number of hydrogen-bond acceptors (Lipinski definition) is 3. The summed E-state index contributed by atoms with van der Waals surface area (Å²) in [6.07, 6.45) is 0.507. The average Bonchev–Trinajstić information content (AvgIpc) is 2.58. The van der Waals surface area contributed by atoms with E-state index in [9.17, 15) is 19.5 Å². The minimum atomic E-state index is -0.908. The first kappa shape index (κ1) is 20.7. The Labute approximate surface area is 149 Å². The van der Waals surface area contributed by atoms with Crippen molar-refractivity contribution in [2.24, 2.45) is 11.8 Å². The number of hydrogen-bond donors (Lipinski definition) is 2. The molecular formula is C19H28N2O4. The molecule has 0 fully saturated rings. The summed E-state index contributed by atoms with van der Waals surface area (Å²) in [5, 5.41) is 11.9. The van der Waals surface area contributed by atoms with Gasteiger partial charge in [-0.3, -0.25) is 14.4 Å². The van der Waals surface area contributed by atoms with Crippen LogP contribution in [0.4, 0.5) is 0 Å². The van der Waals surface area contributed by atoms with Crippen molar-refractivity contribution in [3.63, 3.8) is 0 Å². The third-order valence-electron chi connectivity index (χ3n) is 4.06. The zero-order valence-corrected chi connectivity index (χ0v) is 15.4. The Balaban J connectivity index is 2.70. The molecule has 0 aromatic heterocycles. The Morgan fingerprint density at radius 2 is 1.56 bits per heavy atom. The molecular weight excluding hydrogens is 320 g/mol. The second kappa shape index (κ2) is 9.81. The van der Waals surface area contributed by atoms with Crippen LogP contribution < -0.4 is 5.32 Å². The summed E-state index contributed by atoms with van der Waals surface area (Å²) in [5.41, 5.74) is 0.938. The molecule has 0 spiro atoms. The van der Waals surface area contributed by atoms with Crippen LogP contribution in [0, 0.1) is 11.8 Å². The molecule has 0 saturated heterocycles. The van der Waals surface area contributed by atoms with Gasteiger partial charge in [-0.25, -0.2) is 0 Å². The SMILES string of the molecule is CCN(CC)C(=O)c1ccc(C(=O)NCC(CC(C)C)C(=O)O)cc1. The molecule has 0 radical (unpaired) electrons. The fraction of sp³-hybridized carbons (Fsp3) is 0.526. The molecule has 0 aliphatic rings. The van der Waals surface area contributed by atoms with Crippen LogP contribution in [0.3, 0.4) is 0 Å². The molecule has 25 heavy (non-hydrogen) atoms. The van der Waals surface area contributed by atoms with Crippen molar-refractivity contribution in [1.29, 1.82) is 0 Å². The van der Waals surface area contributed by atoms with Crippen LogP contribution >= 0.6 is 0 Å². The first-order valence-electron chi connectivity index (χ1n) is 8.70. The summed E-state index contributed by atoms with van der Waals surface area (Å²) in [4.78, 5) is 37.4. The number of aliphatic carboxylic acids is 1. The molecule has 1 atom stereocenters. The highest BCUT2D eigenvalue weighted by Crippen LogP contribution is 2.12. The van der Waals surface area contributed by atoms with Gasteiger partial charge in [-0.2, -0.15) is 0 Å². The highest BCUT2D eigenvalue weighted by molar-refractivity contribution is 5.97. The third-order valence-corrected chi connectivity index (χ3v) is 4.06. The van der Waals surface area contributed by atoms with E-state index in [1.54, 1.807) is 29.2 Å². The van der Waals surface area contributed by atoms with E-state index in [1.165, 1.54) is 0 Å². The van der Waals surface area contributed by atoms with Crippen molar-refractivity contribution in [1.82, 2.24) is 10.2 Å². The van der Waals surface area contributed by atoms with Gasteiger partial charge in [0.25, 0.3) is 11.8 Å². The Morgan fingerprint density at radius 3 is 2.00 bits per heavy atom. The van der Waals surface area contributed by atoms with Crippen molar-refractivity contribution in [3.05, 3.63) is 35.4 Å². The first-order valence-corrected chi connectivity index (χ1v) is 8.70. The predicted octanol–water partition coefficient (Wildman–Crippen LogP) is 2.65. The van der Waals surface area contributed by atoms with Gasteiger partial charge in [-0.1, -0.05) is 13.8 Å². The smallest absolute Gasteiger partial charge is 0.308 e. The van der Waals surface area contributed by atoms with Crippen LogP contribution in [0.5, 0.6) is 0 Å². The standard InChI is InChI=1S/C19H28N2O4/c1-5-21(6-2)18(23)15-9-7-14(8-10-15)17(22)20-12-16(19(24)25)11-13(3)4/h7-10,13,16H,5-6,11-12H2,1-4H3,(H,20,22)(H,24,25).